The highest BCUT2D eigenvalue weighted by molar-refractivity contribution is 5.86. The lowest BCUT2D eigenvalue weighted by molar-refractivity contribution is -0.148. The lowest BCUT2D eigenvalue weighted by Crippen LogP contribution is -2.55. The number of amides is 3. The first-order valence-electron chi connectivity index (χ1n) is 9.12. The number of nitrogens with one attached hydrogen (secondary N) is 2. The Morgan fingerprint density at radius 2 is 1.92 bits per heavy atom. The van der Waals surface area contributed by atoms with Gasteiger partial charge in [0.1, 0.15) is 6.61 Å². The molecule has 26 heavy (non-hydrogen) atoms. The van der Waals surface area contributed by atoms with Gasteiger partial charge in [0, 0.05) is 25.6 Å². The number of morpholine rings is 1. The second kappa shape index (κ2) is 8.31. The van der Waals surface area contributed by atoms with Gasteiger partial charge in [-0.3, -0.25) is 14.4 Å². The van der Waals surface area contributed by atoms with Gasteiger partial charge in [0.25, 0.3) is 5.91 Å². The van der Waals surface area contributed by atoms with Crippen LogP contribution in [-0.2, 0) is 19.1 Å². The molecule has 0 saturated carbocycles. The van der Waals surface area contributed by atoms with Crippen LogP contribution in [0.3, 0.4) is 0 Å². The summed E-state index contributed by atoms with van der Waals surface area (Å²) in [4.78, 5) is 38.1. The van der Waals surface area contributed by atoms with Crippen molar-refractivity contribution in [3.63, 3.8) is 0 Å². The summed E-state index contributed by atoms with van der Waals surface area (Å²) in [6.07, 6.45) is 1.20. The van der Waals surface area contributed by atoms with E-state index < -0.39 is 12.1 Å². The quantitative estimate of drug-likeness (QED) is 0.831. The fourth-order valence-corrected chi connectivity index (χ4v) is 3.48. The van der Waals surface area contributed by atoms with Crippen LogP contribution < -0.4 is 10.6 Å². The second-order valence-electron chi connectivity index (χ2n) is 6.70. The minimum absolute atomic E-state index is 0.0149. The molecule has 7 nitrogen and oxygen atoms in total. The maximum absolute atomic E-state index is 12.8. The first-order valence-corrected chi connectivity index (χ1v) is 9.12. The van der Waals surface area contributed by atoms with Crippen LogP contribution in [0.2, 0.25) is 0 Å². The van der Waals surface area contributed by atoms with Gasteiger partial charge in [-0.15, -0.1) is 0 Å². The Morgan fingerprint density at radius 1 is 1.23 bits per heavy atom. The maximum Gasteiger partial charge on any atom is 0.251 e. The normalized spacial score (nSPS) is 24.0. The molecular formula is C19H25N3O4. The fourth-order valence-electron chi connectivity index (χ4n) is 3.48. The monoisotopic (exact) mass is 359 g/mol. The molecule has 2 atom stereocenters. The number of carbonyl (C=O) groups excluding carboxylic acids is 3. The third-order valence-electron chi connectivity index (χ3n) is 4.93. The number of piperidine rings is 1. The smallest absolute Gasteiger partial charge is 0.251 e. The molecule has 0 aliphatic carbocycles. The average Bonchev–Trinajstić information content (AvgIpc) is 2.68. The van der Waals surface area contributed by atoms with E-state index >= 15 is 0 Å². The van der Waals surface area contributed by atoms with E-state index in [1.165, 1.54) is 0 Å². The lowest BCUT2D eigenvalue weighted by atomic mass is 9.98. The number of hydrogen-bond acceptors (Lipinski definition) is 4. The van der Waals surface area contributed by atoms with Crippen molar-refractivity contribution in [3.8, 4) is 0 Å². The summed E-state index contributed by atoms with van der Waals surface area (Å²) in [5, 5.41) is 5.88. The van der Waals surface area contributed by atoms with Gasteiger partial charge in [-0.05, 0) is 18.4 Å². The van der Waals surface area contributed by atoms with E-state index in [0.29, 0.717) is 19.5 Å². The zero-order valence-corrected chi connectivity index (χ0v) is 14.9. The van der Waals surface area contributed by atoms with E-state index in [4.69, 9.17) is 4.74 Å². The van der Waals surface area contributed by atoms with Crippen molar-refractivity contribution in [2.24, 2.45) is 0 Å². The summed E-state index contributed by atoms with van der Waals surface area (Å²) in [5.41, 5.74) is 0.837. The van der Waals surface area contributed by atoms with Crippen LogP contribution in [-0.4, -0.2) is 54.5 Å². The van der Waals surface area contributed by atoms with Crippen LogP contribution in [0.25, 0.3) is 0 Å². The summed E-state index contributed by atoms with van der Waals surface area (Å²) in [7, 11) is 0. The van der Waals surface area contributed by atoms with Crippen LogP contribution in [0.1, 0.15) is 37.8 Å². The van der Waals surface area contributed by atoms with E-state index in [1.54, 1.807) is 0 Å². The Hall–Kier alpha value is -2.41. The molecule has 2 unspecified atom stereocenters. The molecule has 140 valence electrons. The first-order chi connectivity index (χ1) is 12.6. The number of hydrogen-bond donors (Lipinski definition) is 2. The molecule has 0 bridgehead atoms. The number of ether oxygens (including phenoxy) is 1. The van der Waals surface area contributed by atoms with Crippen molar-refractivity contribution in [2.75, 3.05) is 19.7 Å². The van der Waals surface area contributed by atoms with E-state index in [1.807, 2.05) is 42.2 Å². The molecule has 0 radical (unpaired) electrons. The topological polar surface area (TPSA) is 87.7 Å². The van der Waals surface area contributed by atoms with Gasteiger partial charge in [0.2, 0.25) is 11.8 Å². The van der Waals surface area contributed by atoms with Crippen LogP contribution >= 0.6 is 0 Å². The summed E-state index contributed by atoms with van der Waals surface area (Å²) in [6, 6.07) is 8.87. The van der Waals surface area contributed by atoms with Crippen LogP contribution in [0, 0.1) is 0 Å². The molecule has 3 rings (SSSR count). The zero-order valence-electron chi connectivity index (χ0n) is 14.9. The summed E-state index contributed by atoms with van der Waals surface area (Å²) in [5.74, 6) is -0.300. The van der Waals surface area contributed by atoms with Crippen LogP contribution in [0.5, 0.6) is 0 Å². The molecule has 2 N–H and O–H groups in total. The van der Waals surface area contributed by atoms with Gasteiger partial charge >= 0.3 is 0 Å². The fraction of sp³-hybridized carbons (Fsp3) is 0.526. The van der Waals surface area contributed by atoms with E-state index in [9.17, 15) is 14.4 Å². The maximum atomic E-state index is 12.8. The van der Waals surface area contributed by atoms with Gasteiger partial charge in [-0.2, -0.15) is 0 Å². The number of nitrogens with zero attached hydrogens (tertiary/aromatic N) is 1. The van der Waals surface area contributed by atoms with Crippen LogP contribution in [0.4, 0.5) is 0 Å². The van der Waals surface area contributed by atoms with Crippen molar-refractivity contribution < 1.29 is 19.1 Å². The van der Waals surface area contributed by atoms with E-state index in [0.717, 1.165) is 18.4 Å². The molecule has 1 aromatic rings. The molecular weight excluding hydrogens is 334 g/mol. The summed E-state index contributed by atoms with van der Waals surface area (Å²) >= 11 is 0. The van der Waals surface area contributed by atoms with Gasteiger partial charge in [-0.25, -0.2) is 0 Å². The third-order valence-corrected chi connectivity index (χ3v) is 4.93. The molecule has 3 amide bonds. The minimum atomic E-state index is -0.759. The second-order valence-corrected chi connectivity index (χ2v) is 6.70. The Bertz CT molecular complexity index is 656. The van der Waals surface area contributed by atoms with Gasteiger partial charge < -0.3 is 20.3 Å². The first kappa shape index (κ1) is 18.4. The summed E-state index contributed by atoms with van der Waals surface area (Å²) < 4.78 is 5.55. The van der Waals surface area contributed by atoms with Gasteiger partial charge in [0.15, 0.2) is 6.10 Å². The third kappa shape index (κ3) is 4.22. The predicted octanol–water partition coefficient (Wildman–Crippen LogP) is 0.760. The zero-order chi connectivity index (χ0) is 18.5. The Morgan fingerprint density at radius 3 is 2.58 bits per heavy atom. The highest BCUT2D eigenvalue weighted by Gasteiger charge is 2.37. The molecule has 2 saturated heterocycles. The molecule has 1 aromatic carbocycles. The predicted molar refractivity (Wildman–Crippen MR) is 95.1 cm³/mol. The molecule has 7 heteroatoms. The number of carbonyl (C=O) groups is 3. The standard InChI is InChI=1S/C19H25N3O4/c1-2-16(24)22-10-8-14(9-11-22)20-19(25)18-17(21-15(23)12-26-18)13-6-4-3-5-7-13/h3-7,14,17-18H,2,8-12H2,1H3,(H,20,25)(H,21,23). The molecule has 2 aliphatic heterocycles. The number of likely N-dealkylation sites (tertiary alicyclic amines) is 1. The van der Waals surface area contributed by atoms with Crippen LogP contribution in [0.15, 0.2) is 30.3 Å². The van der Waals surface area contributed by atoms with Crippen molar-refractivity contribution in [1.82, 2.24) is 15.5 Å². The Labute approximate surface area is 153 Å². The molecule has 2 aliphatic rings. The number of rotatable bonds is 4. The number of benzene rings is 1. The molecule has 0 aromatic heterocycles. The highest BCUT2D eigenvalue weighted by atomic mass is 16.5. The van der Waals surface area contributed by atoms with Crippen molar-refractivity contribution in [3.05, 3.63) is 35.9 Å². The van der Waals surface area contributed by atoms with Crippen molar-refractivity contribution >= 4 is 17.7 Å². The molecule has 2 fully saturated rings. The molecule has 0 spiro atoms. The largest absolute Gasteiger partial charge is 0.356 e. The summed E-state index contributed by atoms with van der Waals surface area (Å²) in [6.45, 7) is 3.05. The van der Waals surface area contributed by atoms with Crippen molar-refractivity contribution in [1.29, 1.82) is 0 Å². The molecule has 2 heterocycles. The highest BCUT2D eigenvalue weighted by Crippen LogP contribution is 2.23. The van der Waals surface area contributed by atoms with E-state index in [2.05, 4.69) is 10.6 Å². The Balaban J connectivity index is 1.61. The minimum Gasteiger partial charge on any atom is -0.356 e. The van der Waals surface area contributed by atoms with Gasteiger partial charge in [-0.1, -0.05) is 37.3 Å². The SMILES string of the molecule is CCC(=O)N1CCC(NC(=O)C2OCC(=O)NC2c2ccccc2)CC1. The van der Waals surface area contributed by atoms with Crippen molar-refractivity contribution in [2.45, 2.75) is 44.4 Å². The Kier molecular flexibility index (Phi) is 5.88. The van der Waals surface area contributed by atoms with Gasteiger partial charge in [0.05, 0.1) is 6.04 Å². The van der Waals surface area contributed by atoms with E-state index in [-0.39, 0.29) is 30.4 Å². The average molecular weight is 359 g/mol. The lowest BCUT2D eigenvalue weighted by Gasteiger charge is -2.35.